The summed E-state index contributed by atoms with van der Waals surface area (Å²) in [6.07, 6.45) is 0. The molecule has 0 aliphatic carbocycles. The number of sulfonamides is 1. The van der Waals surface area contributed by atoms with Gasteiger partial charge in [-0.15, -0.1) is 0 Å². The van der Waals surface area contributed by atoms with Gasteiger partial charge in [0.15, 0.2) is 0 Å². The number of carboxylic acid groups (broad SMARTS) is 1. The van der Waals surface area contributed by atoms with Crippen LogP contribution in [-0.4, -0.2) is 25.4 Å². The van der Waals surface area contributed by atoms with Gasteiger partial charge in [-0.1, -0.05) is 11.6 Å². The van der Waals surface area contributed by atoms with Crippen LogP contribution >= 0.6 is 11.6 Å². The number of anilines is 2. The van der Waals surface area contributed by atoms with Crippen molar-refractivity contribution in [3.05, 3.63) is 53.1 Å². The van der Waals surface area contributed by atoms with Gasteiger partial charge in [-0.05, 0) is 42.5 Å². The molecule has 0 atom stereocenters. The Labute approximate surface area is 143 Å². The van der Waals surface area contributed by atoms with Crippen molar-refractivity contribution in [1.82, 2.24) is 0 Å². The first-order valence-corrected chi connectivity index (χ1v) is 8.48. The van der Waals surface area contributed by atoms with E-state index in [0.717, 1.165) is 6.07 Å². The molecule has 0 aromatic heterocycles. The van der Waals surface area contributed by atoms with E-state index >= 15 is 0 Å². The molecule has 0 saturated heterocycles. The molecule has 2 aromatic carbocycles. The van der Waals surface area contributed by atoms with Crippen molar-refractivity contribution >= 4 is 44.9 Å². The van der Waals surface area contributed by atoms with Crippen LogP contribution in [-0.2, 0) is 14.8 Å². The maximum absolute atomic E-state index is 12.4. The summed E-state index contributed by atoms with van der Waals surface area (Å²) in [6.45, 7) is 1.36. The first-order chi connectivity index (χ1) is 11.2. The number of aromatic carboxylic acids is 1. The fourth-order valence-corrected chi connectivity index (χ4v) is 3.46. The largest absolute Gasteiger partial charge is 0.478 e. The zero-order valence-corrected chi connectivity index (χ0v) is 14.0. The highest BCUT2D eigenvalue weighted by molar-refractivity contribution is 7.92. The van der Waals surface area contributed by atoms with Crippen LogP contribution in [0.1, 0.15) is 17.3 Å². The Morgan fingerprint density at radius 2 is 1.62 bits per heavy atom. The fraction of sp³-hybridized carbons (Fsp3) is 0.0667. The molecule has 9 heteroatoms. The van der Waals surface area contributed by atoms with Gasteiger partial charge in [0.2, 0.25) is 5.91 Å². The maximum Gasteiger partial charge on any atom is 0.335 e. The highest BCUT2D eigenvalue weighted by atomic mass is 35.5. The highest BCUT2D eigenvalue weighted by Gasteiger charge is 2.20. The van der Waals surface area contributed by atoms with Crippen LogP contribution < -0.4 is 10.0 Å². The third-order valence-corrected chi connectivity index (χ3v) is 4.79. The molecule has 2 aromatic rings. The SMILES string of the molecule is CC(=O)Nc1ccc(NS(=O)(=O)c2cc(C(=O)O)ccc2Cl)cc1. The summed E-state index contributed by atoms with van der Waals surface area (Å²) in [5.74, 6) is -1.51. The van der Waals surface area contributed by atoms with Crippen LogP contribution in [0.25, 0.3) is 0 Å². The smallest absolute Gasteiger partial charge is 0.335 e. The Morgan fingerprint density at radius 1 is 1.04 bits per heavy atom. The summed E-state index contributed by atoms with van der Waals surface area (Å²) in [5, 5.41) is 11.4. The molecule has 0 spiro atoms. The predicted octanol–water partition coefficient (Wildman–Crippen LogP) is 2.80. The van der Waals surface area contributed by atoms with E-state index in [2.05, 4.69) is 10.0 Å². The summed E-state index contributed by atoms with van der Waals surface area (Å²) in [5.41, 5.74) is 0.554. The van der Waals surface area contributed by atoms with Gasteiger partial charge in [0.05, 0.1) is 10.6 Å². The monoisotopic (exact) mass is 368 g/mol. The van der Waals surface area contributed by atoms with Gasteiger partial charge < -0.3 is 10.4 Å². The van der Waals surface area contributed by atoms with Crippen molar-refractivity contribution in [2.24, 2.45) is 0 Å². The molecule has 7 nitrogen and oxygen atoms in total. The predicted molar refractivity (Wildman–Crippen MR) is 90.0 cm³/mol. The first kappa shape index (κ1) is 17.8. The second-order valence-corrected chi connectivity index (χ2v) is 6.87. The number of carboxylic acids is 1. The minimum absolute atomic E-state index is 0.0950. The van der Waals surface area contributed by atoms with E-state index in [-0.39, 0.29) is 27.1 Å². The molecule has 0 heterocycles. The molecule has 24 heavy (non-hydrogen) atoms. The molecule has 0 radical (unpaired) electrons. The van der Waals surface area contributed by atoms with E-state index in [9.17, 15) is 18.0 Å². The van der Waals surface area contributed by atoms with E-state index in [1.807, 2.05) is 0 Å². The highest BCUT2D eigenvalue weighted by Crippen LogP contribution is 2.25. The molecule has 3 N–H and O–H groups in total. The van der Waals surface area contributed by atoms with Crippen molar-refractivity contribution in [1.29, 1.82) is 0 Å². The second kappa shape index (κ2) is 6.90. The van der Waals surface area contributed by atoms with Crippen LogP contribution in [0.15, 0.2) is 47.4 Å². The zero-order valence-electron chi connectivity index (χ0n) is 12.4. The van der Waals surface area contributed by atoms with Gasteiger partial charge in [0.25, 0.3) is 10.0 Å². The van der Waals surface area contributed by atoms with Crippen molar-refractivity contribution in [3.8, 4) is 0 Å². The van der Waals surface area contributed by atoms with Crippen molar-refractivity contribution in [2.75, 3.05) is 10.0 Å². The van der Waals surface area contributed by atoms with Crippen LogP contribution in [0.3, 0.4) is 0 Å². The van der Waals surface area contributed by atoms with Crippen LogP contribution in [0.2, 0.25) is 5.02 Å². The molecule has 0 aliphatic rings. The van der Waals surface area contributed by atoms with Crippen LogP contribution in [0.5, 0.6) is 0 Å². The molecule has 2 rings (SSSR count). The molecule has 0 aliphatic heterocycles. The van der Waals surface area contributed by atoms with Gasteiger partial charge in [-0.2, -0.15) is 0 Å². The van der Waals surface area contributed by atoms with Crippen molar-refractivity contribution in [3.63, 3.8) is 0 Å². The third-order valence-electron chi connectivity index (χ3n) is 2.93. The minimum Gasteiger partial charge on any atom is -0.478 e. The number of carbonyl (C=O) groups is 2. The standard InChI is InChI=1S/C15H13ClN2O5S/c1-9(19)17-11-3-5-12(6-4-11)18-24(22,23)14-8-10(15(20)21)2-7-13(14)16/h2-8,18H,1H3,(H,17,19)(H,20,21). The van der Waals surface area contributed by atoms with E-state index in [4.69, 9.17) is 16.7 Å². The number of benzene rings is 2. The topological polar surface area (TPSA) is 113 Å². The molecular weight excluding hydrogens is 356 g/mol. The van der Waals surface area contributed by atoms with E-state index < -0.39 is 16.0 Å². The lowest BCUT2D eigenvalue weighted by Gasteiger charge is -2.11. The maximum atomic E-state index is 12.4. The first-order valence-electron chi connectivity index (χ1n) is 6.62. The summed E-state index contributed by atoms with van der Waals surface area (Å²) in [7, 11) is -4.07. The Hall–Kier alpha value is -2.58. The molecule has 126 valence electrons. The van der Waals surface area contributed by atoms with E-state index in [1.165, 1.54) is 43.3 Å². The number of halogens is 1. The summed E-state index contributed by atoms with van der Waals surface area (Å²) in [6, 6.07) is 9.36. The quantitative estimate of drug-likeness (QED) is 0.751. The summed E-state index contributed by atoms with van der Waals surface area (Å²) < 4.78 is 27.1. The van der Waals surface area contributed by atoms with Gasteiger partial charge >= 0.3 is 5.97 Å². The van der Waals surface area contributed by atoms with E-state index in [0.29, 0.717) is 5.69 Å². The Balaban J connectivity index is 2.30. The zero-order chi connectivity index (χ0) is 17.9. The number of nitrogens with one attached hydrogen (secondary N) is 2. The molecule has 0 bridgehead atoms. The van der Waals surface area contributed by atoms with Crippen molar-refractivity contribution < 1.29 is 23.1 Å². The fourth-order valence-electron chi connectivity index (χ4n) is 1.88. The lowest BCUT2D eigenvalue weighted by atomic mass is 10.2. The number of hydrogen-bond donors (Lipinski definition) is 3. The molecule has 0 unspecified atom stereocenters. The van der Waals surface area contributed by atoms with Gasteiger partial charge in [-0.3, -0.25) is 9.52 Å². The summed E-state index contributed by atoms with van der Waals surface area (Å²) >= 11 is 5.87. The Bertz CT molecular complexity index is 895. The molecule has 1 amide bonds. The number of carbonyl (C=O) groups excluding carboxylic acids is 1. The van der Waals surface area contributed by atoms with Gasteiger partial charge in [-0.25, -0.2) is 13.2 Å². The van der Waals surface area contributed by atoms with Gasteiger partial charge in [0.1, 0.15) is 4.90 Å². The van der Waals surface area contributed by atoms with Gasteiger partial charge in [0, 0.05) is 18.3 Å². The minimum atomic E-state index is -4.07. The summed E-state index contributed by atoms with van der Waals surface area (Å²) in [4.78, 5) is 21.6. The van der Waals surface area contributed by atoms with Crippen LogP contribution in [0, 0.1) is 0 Å². The Kier molecular flexibility index (Phi) is 5.10. The normalized spacial score (nSPS) is 10.9. The third kappa shape index (κ3) is 4.24. The molecular formula is C15H13ClN2O5S. The Morgan fingerprint density at radius 3 is 2.17 bits per heavy atom. The molecule has 0 saturated carbocycles. The average Bonchev–Trinajstić information content (AvgIpc) is 2.48. The second-order valence-electron chi connectivity index (χ2n) is 4.81. The van der Waals surface area contributed by atoms with E-state index in [1.54, 1.807) is 0 Å². The average molecular weight is 369 g/mol. The van der Waals surface area contributed by atoms with Crippen molar-refractivity contribution in [2.45, 2.75) is 11.8 Å². The lowest BCUT2D eigenvalue weighted by molar-refractivity contribution is -0.114. The lowest BCUT2D eigenvalue weighted by Crippen LogP contribution is -2.14. The molecule has 0 fully saturated rings. The number of rotatable bonds is 5. The number of amides is 1. The number of hydrogen-bond acceptors (Lipinski definition) is 4. The van der Waals surface area contributed by atoms with Crippen LogP contribution in [0.4, 0.5) is 11.4 Å².